The lowest BCUT2D eigenvalue weighted by Crippen LogP contribution is -2.43. The lowest BCUT2D eigenvalue weighted by molar-refractivity contribution is 0.153. The number of halogens is 1. The summed E-state index contributed by atoms with van der Waals surface area (Å²) >= 11 is 0. The molecule has 5 heteroatoms. The third-order valence-corrected chi connectivity index (χ3v) is 5.90. The van der Waals surface area contributed by atoms with Crippen molar-refractivity contribution in [3.05, 3.63) is 59.7 Å². The fourth-order valence-electron chi connectivity index (χ4n) is 4.41. The monoisotopic (exact) mass is 369 g/mol. The first kappa shape index (κ1) is 18.4. The Morgan fingerprint density at radius 3 is 2.85 bits per heavy atom. The second-order valence-corrected chi connectivity index (χ2v) is 7.87. The van der Waals surface area contributed by atoms with Crippen LogP contribution >= 0.6 is 0 Å². The van der Waals surface area contributed by atoms with E-state index in [2.05, 4.69) is 33.0 Å². The summed E-state index contributed by atoms with van der Waals surface area (Å²) < 4.78 is 19.6. The van der Waals surface area contributed by atoms with Gasteiger partial charge in [0.15, 0.2) is 0 Å². The van der Waals surface area contributed by atoms with Gasteiger partial charge in [0.1, 0.15) is 5.82 Å². The fraction of sp³-hybridized carbons (Fsp3) is 0.500. The number of ether oxygens (including phenoxy) is 1. The Hall–Kier alpha value is -1.98. The van der Waals surface area contributed by atoms with E-state index in [1.54, 1.807) is 6.07 Å². The fourth-order valence-corrected chi connectivity index (χ4v) is 4.41. The van der Waals surface area contributed by atoms with Gasteiger partial charge in [-0.3, -0.25) is 4.98 Å². The van der Waals surface area contributed by atoms with Gasteiger partial charge in [-0.25, -0.2) is 4.39 Å². The number of aromatic nitrogens is 1. The molecule has 144 valence electrons. The van der Waals surface area contributed by atoms with Crippen LogP contribution in [0.1, 0.15) is 24.1 Å². The Kier molecular flexibility index (Phi) is 5.41. The van der Waals surface area contributed by atoms with E-state index < -0.39 is 0 Å². The van der Waals surface area contributed by atoms with Crippen molar-refractivity contribution >= 4 is 5.69 Å². The maximum Gasteiger partial charge on any atom is 0.123 e. The topological polar surface area (TPSA) is 28.6 Å². The Bertz CT molecular complexity index is 776. The maximum absolute atomic E-state index is 13.8. The second kappa shape index (κ2) is 7.95. The number of nitrogens with zero attached hydrogens (tertiary/aromatic N) is 3. The van der Waals surface area contributed by atoms with E-state index in [0.29, 0.717) is 6.61 Å². The molecule has 0 saturated carbocycles. The second-order valence-electron chi connectivity index (χ2n) is 7.87. The van der Waals surface area contributed by atoms with Crippen LogP contribution in [0, 0.1) is 12.7 Å². The quantitative estimate of drug-likeness (QED) is 0.826. The van der Waals surface area contributed by atoms with Crippen LogP contribution in [0.3, 0.4) is 0 Å². The Labute approximate surface area is 161 Å². The van der Waals surface area contributed by atoms with Gasteiger partial charge in [0.25, 0.3) is 0 Å². The van der Waals surface area contributed by atoms with Crippen LogP contribution < -0.4 is 4.90 Å². The number of hydrogen-bond donors (Lipinski definition) is 0. The zero-order chi connectivity index (χ0) is 18.7. The van der Waals surface area contributed by atoms with Crippen molar-refractivity contribution in [3.63, 3.8) is 0 Å². The normalized spacial score (nSPS) is 24.1. The first-order valence-electron chi connectivity index (χ1n) is 9.88. The predicted octanol–water partition coefficient (Wildman–Crippen LogP) is 3.40. The molecule has 1 atom stereocenters. The van der Waals surface area contributed by atoms with Crippen molar-refractivity contribution in [2.24, 2.45) is 0 Å². The summed E-state index contributed by atoms with van der Waals surface area (Å²) in [7, 11) is 0. The minimum atomic E-state index is -0.158. The van der Waals surface area contributed by atoms with Crippen LogP contribution in [-0.2, 0) is 10.2 Å². The lowest BCUT2D eigenvalue weighted by atomic mass is 9.79. The molecular weight excluding hydrogens is 341 g/mol. The number of aryl methyl sites for hydroxylation is 1. The number of rotatable bonds is 4. The average molecular weight is 369 g/mol. The SMILES string of the molecule is Cc1cc(N2CCCN(CC3(c4cccc(F)c4)CCOC3)CC2)ccn1. The van der Waals surface area contributed by atoms with E-state index in [1.807, 2.05) is 19.2 Å². The molecule has 4 nitrogen and oxygen atoms in total. The van der Waals surface area contributed by atoms with Gasteiger partial charge in [-0.2, -0.15) is 0 Å². The van der Waals surface area contributed by atoms with Crippen LogP contribution in [-0.4, -0.2) is 55.8 Å². The molecule has 2 aromatic rings. The summed E-state index contributed by atoms with van der Waals surface area (Å²) in [6.45, 7) is 8.55. The third kappa shape index (κ3) is 4.14. The summed E-state index contributed by atoms with van der Waals surface area (Å²) in [5.41, 5.74) is 3.30. The highest BCUT2D eigenvalue weighted by atomic mass is 19.1. The molecule has 1 aromatic heterocycles. The zero-order valence-electron chi connectivity index (χ0n) is 16.0. The van der Waals surface area contributed by atoms with Crippen LogP contribution in [0.15, 0.2) is 42.6 Å². The molecule has 0 spiro atoms. The first-order valence-corrected chi connectivity index (χ1v) is 9.88. The molecule has 2 fully saturated rings. The Balaban J connectivity index is 1.47. The van der Waals surface area contributed by atoms with E-state index in [4.69, 9.17) is 4.74 Å². The van der Waals surface area contributed by atoms with Crippen LogP contribution in [0.5, 0.6) is 0 Å². The summed E-state index contributed by atoms with van der Waals surface area (Å²) in [6, 6.07) is 11.4. The third-order valence-electron chi connectivity index (χ3n) is 5.90. The summed E-state index contributed by atoms with van der Waals surface area (Å²) in [6.07, 6.45) is 3.98. The van der Waals surface area contributed by atoms with Gasteiger partial charge in [0, 0.05) is 55.8 Å². The smallest absolute Gasteiger partial charge is 0.123 e. The van der Waals surface area contributed by atoms with Crippen LogP contribution in [0.2, 0.25) is 0 Å². The van der Waals surface area contributed by atoms with E-state index in [-0.39, 0.29) is 11.2 Å². The summed E-state index contributed by atoms with van der Waals surface area (Å²) in [4.78, 5) is 9.30. The maximum atomic E-state index is 13.8. The van der Waals surface area contributed by atoms with Crippen molar-refractivity contribution in [1.29, 1.82) is 0 Å². The number of hydrogen-bond acceptors (Lipinski definition) is 4. The average Bonchev–Trinajstić information content (AvgIpc) is 3.02. The van der Waals surface area contributed by atoms with Gasteiger partial charge in [-0.05, 0) is 56.1 Å². The standard InChI is InChI=1S/C22H28FN3O/c1-18-14-21(6-8-24-18)26-10-3-9-25(11-12-26)16-22(7-13-27-17-22)19-4-2-5-20(23)15-19/h2,4-6,8,14-15H,3,7,9-13,16-17H2,1H3. The zero-order valence-corrected chi connectivity index (χ0v) is 16.0. The molecule has 2 aliphatic heterocycles. The summed E-state index contributed by atoms with van der Waals surface area (Å²) in [5.74, 6) is -0.158. The van der Waals surface area contributed by atoms with Gasteiger partial charge >= 0.3 is 0 Å². The van der Waals surface area contributed by atoms with Crippen molar-refractivity contribution in [1.82, 2.24) is 9.88 Å². The highest BCUT2D eigenvalue weighted by Gasteiger charge is 2.38. The minimum Gasteiger partial charge on any atom is -0.380 e. The predicted molar refractivity (Wildman–Crippen MR) is 106 cm³/mol. The molecule has 27 heavy (non-hydrogen) atoms. The van der Waals surface area contributed by atoms with E-state index in [9.17, 15) is 4.39 Å². The van der Waals surface area contributed by atoms with Gasteiger partial charge in [-0.1, -0.05) is 12.1 Å². The minimum absolute atomic E-state index is 0.0927. The molecule has 1 unspecified atom stereocenters. The van der Waals surface area contributed by atoms with Gasteiger partial charge in [0.2, 0.25) is 0 Å². The molecule has 1 aromatic carbocycles. The highest BCUT2D eigenvalue weighted by Crippen LogP contribution is 2.35. The number of benzene rings is 1. The highest BCUT2D eigenvalue weighted by molar-refractivity contribution is 5.46. The first-order chi connectivity index (χ1) is 13.1. The largest absolute Gasteiger partial charge is 0.380 e. The Morgan fingerprint density at radius 2 is 2.07 bits per heavy atom. The number of pyridine rings is 1. The lowest BCUT2D eigenvalue weighted by Gasteiger charge is -2.34. The molecule has 3 heterocycles. The molecule has 0 bridgehead atoms. The molecule has 4 rings (SSSR count). The van der Waals surface area contributed by atoms with Crippen molar-refractivity contribution in [3.8, 4) is 0 Å². The van der Waals surface area contributed by atoms with Gasteiger partial charge < -0.3 is 14.5 Å². The van der Waals surface area contributed by atoms with E-state index in [1.165, 1.54) is 11.8 Å². The van der Waals surface area contributed by atoms with Gasteiger partial charge in [-0.15, -0.1) is 0 Å². The van der Waals surface area contributed by atoms with Crippen LogP contribution in [0.25, 0.3) is 0 Å². The van der Waals surface area contributed by atoms with Crippen molar-refractivity contribution in [2.45, 2.75) is 25.2 Å². The summed E-state index contributed by atoms with van der Waals surface area (Å²) in [5, 5.41) is 0. The Morgan fingerprint density at radius 1 is 1.15 bits per heavy atom. The van der Waals surface area contributed by atoms with Crippen LogP contribution in [0.4, 0.5) is 10.1 Å². The molecule has 0 amide bonds. The van der Waals surface area contributed by atoms with E-state index >= 15 is 0 Å². The van der Waals surface area contributed by atoms with E-state index in [0.717, 1.165) is 63.4 Å². The van der Waals surface area contributed by atoms with Crippen molar-refractivity contribution < 1.29 is 9.13 Å². The van der Waals surface area contributed by atoms with Gasteiger partial charge in [0.05, 0.1) is 6.61 Å². The molecule has 2 saturated heterocycles. The molecular formula is C22H28FN3O. The van der Waals surface area contributed by atoms with Crippen molar-refractivity contribution in [2.75, 3.05) is 50.8 Å². The molecule has 0 radical (unpaired) electrons. The molecule has 0 aliphatic carbocycles. The molecule has 0 N–H and O–H groups in total. The number of anilines is 1. The molecule has 2 aliphatic rings.